The predicted molar refractivity (Wildman–Crippen MR) is 99.5 cm³/mol. The fourth-order valence-corrected chi connectivity index (χ4v) is 5.98. The summed E-state index contributed by atoms with van der Waals surface area (Å²) in [7, 11) is -3.11. The monoisotopic (exact) mass is 381 g/mol. The number of aliphatic hydroxyl groups excluding tert-OH is 1. The highest BCUT2D eigenvalue weighted by Crippen LogP contribution is 2.26. The third-order valence-corrected chi connectivity index (χ3v) is 7.08. The van der Waals surface area contributed by atoms with Crippen molar-refractivity contribution in [3.8, 4) is 0 Å². The van der Waals surface area contributed by atoms with Crippen LogP contribution in [0.3, 0.4) is 0 Å². The number of aliphatic hydroxyl groups is 1. The van der Waals surface area contributed by atoms with Crippen LogP contribution in [0.5, 0.6) is 0 Å². The smallest absolute Gasteiger partial charge is 0.234 e. The van der Waals surface area contributed by atoms with Gasteiger partial charge in [0, 0.05) is 38.3 Å². The molecule has 2 aliphatic heterocycles. The molecule has 0 bridgehead atoms. The van der Waals surface area contributed by atoms with Crippen LogP contribution in [0.2, 0.25) is 0 Å². The number of aryl methyl sites for hydroxylation is 1. The number of carbonyl (C=O) groups excluding carboxylic acids is 1. The third kappa shape index (κ3) is 4.43. The van der Waals surface area contributed by atoms with Crippen LogP contribution in [0, 0.1) is 6.92 Å². The van der Waals surface area contributed by atoms with Crippen LogP contribution in [0.1, 0.15) is 11.1 Å². The van der Waals surface area contributed by atoms with Crippen molar-refractivity contribution in [2.45, 2.75) is 25.6 Å². The maximum Gasteiger partial charge on any atom is 0.234 e. The van der Waals surface area contributed by atoms with Crippen LogP contribution in [0.15, 0.2) is 24.3 Å². The maximum absolute atomic E-state index is 12.4. The van der Waals surface area contributed by atoms with Crippen molar-refractivity contribution in [2.75, 3.05) is 44.3 Å². The molecule has 0 saturated carbocycles. The van der Waals surface area contributed by atoms with Crippen molar-refractivity contribution >= 4 is 15.7 Å². The Morgan fingerprint density at radius 3 is 2.54 bits per heavy atom. The van der Waals surface area contributed by atoms with Gasteiger partial charge in [-0.15, -0.1) is 0 Å². The Hall–Kier alpha value is -1.48. The van der Waals surface area contributed by atoms with Crippen LogP contribution < -0.4 is 5.32 Å². The molecule has 2 fully saturated rings. The van der Waals surface area contributed by atoms with Gasteiger partial charge < -0.3 is 10.4 Å². The van der Waals surface area contributed by atoms with Crippen molar-refractivity contribution in [2.24, 2.45) is 0 Å². The van der Waals surface area contributed by atoms with Crippen LogP contribution in [0.25, 0.3) is 0 Å². The molecule has 0 aliphatic carbocycles. The van der Waals surface area contributed by atoms with Gasteiger partial charge in [-0.2, -0.15) is 0 Å². The quantitative estimate of drug-likeness (QED) is 0.683. The first-order valence-corrected chi connectivity index (χ1v) is 10.8. The van der Waals surface area contributed by atoms with Crippen LogP contribution >= 0.6 is 0 Å². The number of nitrogens with one attached hydrogen (secondary N) is 1. The fourth-order valence-electron chi connectivity index (χ4n) is 3.94. The second-order valence-corrected chi connectivity index (χ2v) is 9.30. The molecule has 144 valence electrons. The summed E-state index contributed by atoms with van der Waals surface area (Å²) >= 11 is 0. The van der Waals surface area contributed by atoms with Crippen LogP contribution in [-0.2, 0) is 21.2 Å². The lowest BCUT2D eigenvalue weighted by atomic mass is 10.0. The van der Waals surface area contributed by atoms with Crippen LogP contribution in [-0.4, -0.2) is 85.6 Å². The van der Waals surface area contributed by atoms with Gasteiger partial charge in [0.15, 0.2) is 9.84 Å². The fraction of sp³-hybridized carbons (Fsp3) is 0.611. The molecule has 2 heterocycles. The third-order valence-electron chi connectivity index (χ3n) is 5.38. The molecular formula is C18H27N3O4S. The summed E-state index contributed by atoms with van der Waals surface area (Å²) in [6.45, 7) is 4.48. The van der Waals surface area contributed by atoms with Gasteiger partial charge >= 0.3 is 0 Å². The zero-order valence-electron chi connectivity index (χ0n) is 15.1. The van der Waals surface area contributed by atoms with Gasteiger partial charge in [-0.05, 0) is 18.1 Å². The Kier molecular flexibility index (Phi) is 5.96. The van der Waals surface area contributed by atoms with E-state index in [9.17, 15) is 18.3 Å². The van der Waals surface area contributed by atoms with E-state index in [4.69, 9.17) is 0 Å². The number of sulfone groups is 1. The van der Waals surface area contributed by atoms with Gasteiger partial charge in [0.05, 0.1) is 24.7 Å². The van der Waals surface area contributed by atoms with E-state index < -0.39 is 9.84 Å². The summed E-state index contributed by atoms with van der Waals surface area (Å²) in [6.07, 6.45) is 0. The normalized spacial score (nSPS) is 25.8. The lowest BCUT2D eigenvalue weighted by Gasteiger charge is -2.43. The lowest BCUT2D eigenvalue weighted by molar-refractivity contribution is -0.124. The molecule has 0 radical (unpaired) electrons. The molecule has 7 nitrogen and oxygen atoms in total. The topological polar surface area (TPSA) is 89.9 Å². The summed E-state index contributed by atoms with van der Waals surface area (Å²) in [4.78, 5) is 16.4. The Morgan fingerprint density at radius 2 is 1.85 bits per heavy atom. The molecule has 0 spiro atoms. The molecule has 2 saturated heterocycles. The second-order valence-electron chi connectivity index (χ2n) is 7.14. The number of piperazine rings is 1. The number of nitrogens with zero attached hydrogens (tertiary/aromatic N) is 2. The first-order chi connectivity index (χ1) is 12.4. The number of amides is 1. The van der Waals surface area contributed by atoms with E-state index in [2.05, 4.69) is 5.32 Å². The summed E-state index contributed by atoms with van der Waals surface area (Å²) in [5.74, 6) is 0.107. The largest absolute Gasteiger partial charge is 0.395 e. The van der Waals surface area contributed by atoms with E-state index in [1.54, 1.807) is 0 Å². The number of β-amino-alcohol motifs (C(OH)–C–C–N with tert-alkyl or cyclic N) is 1. The minimum Gasteiger partial charge on any atom is -0.395 e. The first-order valence-electron chi connectivity index (χ1n) is 9.00. The lowest BCUT2D eigenvalue weighted by Crippen LogP contribution is -2.60. The highest BCUT2D eigenvalue weighted by atomic mass is 32.2. The summed E-state index contributed by atoms with van der Waals surface area (Å²) in [5, 5.41) is 12.2. The van der Waals surface area contributed by atoms with Crippen LogP contribution in [0.4, 0.5) is 0 Å². The number of rotatable bonds is 6. The van der Waals surface area contributed by atoms with E-state index in [-0.39, 0.29) is 42.6 Å². The SMILES string of the molecule is Cc1ccccc1CNC(=O)CN1CCN(CCO)[C@@H]2CS(=O)(=O)C[C@@H]21. The molecule has 26 heavy (non-hydrogen) atoms. The number of hydrogen-bond acceptors (Lipinski definition) is 6. The van der Waals surface area contributed by atoms with Gasteiger partial charge in [0.25, 0.3) is 0 Å². The van der Waals surface area contributed by atoms with Crippen molar-refractivity contribution in [3.63, 3.8) is 0 Å². The van der Waals surface area contributed by atoms with E-state index in [1.165, 1.54) is 0 Å². The number of hydrogen-bond donors (Lipinski definition) is 2. The molecule has 1 amide bonds. The van der Waals surface area contributed by atoms with Crippen molar-refractivity contribution in [1.82, 2.24) is 15.1 Å². The van der Waals surface area contributed by atoms with Gasteiger partial charge in [0.2, 0.25) is 5.91 Å². The van der Waals surface area contributed by atoms with Crippen molar-refractivity contribution in [1.29, 1.82) is 0 Å². The number of carbonyl (C=O) groups is 1. The Balaban J connectivity index is 1.60. The highest BCUT2D eigenvalue weighted by Gasteiger charge is 2.46. The van der Waals surface area contributed by atoms with Crippen molar-refractivity contribution in [3.05, 3.63) is 35.4 Å². The van der Waals surface area contributed by atoms with Gasteiger partial charge in [-0.25, -0.2) is 8.42 Å². The van der Waals surface area contributed by atoms with E-state index >= 15 is 0 Å². The molecule has 1 aromatic rings. The van der Waals surface area contributed by atoms with Crippen molar-refractivity contribution < 1.29 is 18.3 Å². The predicted octanol–water partition coefficient (Wildman–Crippen LogP) is -0.613. The van der Waals surface area contributed by atoms with Gasteiger partial charge in [-0.3, -0.25) is 14.6 Å². The number of fused-ring (bicyclic) bond motifs is 1. The Morgan fingerprint density at radius 1 is 1.19 bits per heavy atom. The molecule has 2 N–H and O–H groups in total. The maximum atomic E-state index is 12.4. The highest BCUT2D eigenvalue weighted by molar-refractivity contribution is 7.91. The molecule has 0 aromatic heterocycles. The van der Waals surface area contributed by atoms with E-state index in [1.807, 2.05) is 41.0 Å². The molecule has 0 unspecified atom stereocenters. The average molecular weight is 381 g/mol. The number of benzene rings is 1. The Labute approximate surface area is 154 Å². The first kappa shape index (κ1) is 19.3. The zero-order valence-corrected chi connectivity index (χ0v) is 15.9. The molecule has 2 atom stereocenters. The molecular weight excluding hydrogens is 354 g/mol. The van der Waals surface area contributed by atoms with Gasteiger partial charge in [-0.1, -0.05) is 24.3 Å². The van der Waals surface area contributed by atoms with E-state index in [0.29, 0.717) is 26.2 Å². The minimum atomic E-state index is -3.11. The van der Waals surface area contributed by atoms with E-state index in [0.717, 1.165) is 11.1 Å². The summed E-state index contributed by atoms with van der Waals surface area (Å²) in [5.41, 5.74) is 2.21. The average Bonchev–Trinajstić information content (AvgIpc) is 2.92. The molecule has 2 aliphatic rings. The summed E-state index contributed by atoms with van der Waals surface area (Å²) in [6, 6.07) is 7.60. The standard InChI is InChI=1S/C18H27N3O4S/c1-14-4-2-3-5-15(14)10-19-18(23)11-21-7-6-20(8-9-22)16-12-26(24,25)13-17(16)21/h2-5,16-17,22H,6-13H2,1H3,(H,19,23)/t16-,17+/m1/s1. The minimum absolute atomic E-state index is 0.0141. The molecule has 1 aromatic carbocycles. The molecule has 8 heteroatoms. The summed E-state index contributed by atoms with van der Waals surface area (Å²) < 4.78 is 24.2. The van der Waals surface area contributed by atoms with Gasteiger partial charge in [0.1, 0.15) is 0 Å². The second kappa shape index (κ2) is 8.04. The Bertz CT molecular complexity index is 753. The zero-order chi connectivity index (χ0) is 18.7. The molecule has 3 rings (SSSR count).